The van der Waals surface area contributed by atoms with E-state index in [1.54, 1.807) is 0 Å². The molecule has 0 radical (unpaired) electrons. The molecule has 2 aromatic rings. The minimum absolute atomic E-state index is 0.523. The Bertz CT molecular complexity index is 471. The number of nitrogens with zero attached hydrogens (tertiary/aromatic N) is 1. The third kappa shape index (κ3) is 1.98. The van der Waals surface area contributed by atoms with Gasteiger partial charge in [-0.05, 0) is 38.4 Å². The number of aryl methyl sites for hydroxylation is 1. The molecule has 1 heterocycles. The topological polar surface area (TPSA) is 17.0 Å². The molecule has 0 amide bonds. The monoisotopic (exact) mass is 216 g/mol. The Kier molecular flexibility index (Phi) is 3.30. The van der Waals surface area contributed by atoms with Crippen LogP contribution in [0.4, 0.5) is 0 Å². The van der Waals surface area contributed by atoms with Crippen LogP contribution in [0, 0.1) is 0 Å². The predicted molar refractivity (Wildman–Crippen MR) is 69.8 cm³/mol. The molecule has 1 aromatic heterocycles. The average Bonchev–Trinajstić information content (AvgIpc) is 2.65. The number of rotatable bonds is 4. The van der Waals surface area contributed by atoms with Gasteiger partial charge in [0.1, 0.15) is 0 Å². The molecule has 16 heavy (non-hydrogen) atoms. The highest BCUT2D eigenvalue weighted by molar-refractivity contribution is 5.81. The Labute approximate surface area is 97.3 Å². The molecule has 0 aliphatic rings. The Morgan fingerprint density at radius 3 is 2.75 bits per heavy atom. The molecule has 1 unspecified atom stereocenters. The van der Waals surface area contributed by atoms with E-state index in [9.17, 15) is 0 Å². The van der Waals surface area contributed by atoms with Crippen molar-refractivity contribution < 1.29 is 0 Å². The second-order valence-corrected chi connectivity index (χ2v) is 4.33. The first-order chi connectivity index (χ1) is 7.76. The Hall–Kier alpha value is -1.28. The van der Waals surface area contributed by atoms with E-state index in [-0.39, 0.29) is 0 Å². The third-order valence-corrected chi connectivity index (χ3v) is 3.22. The van der Waals surface area contributed by atoms with E-state index < -0.39 is 0 Å². The molecule has 86 valence electrons. The van der Waals surface area contributed by atoms with Crippen LogP contribution in [-0.2, 0) is 13.0 Å². The molecule has 0 aliphatic heterocycles. The zero-order valence-electron chi connectivity index (χ0n) is 10.3. The van der Waals surface area contributed by atoms with Crippen molar-refractivity contribution in [1.82, 2.24) is 9.88 Å². The van der Waals surface area contributed by atoms with Gasteiger partial charge in [-0.1, -0.05) is 18.2 Å². The lowest BCUT2D eigenvalue weighted by molar-refractivity contribution is 0.581. The van der Waals surface area contributed by atoms with E-state index >= 15 is 0 Å². The van der Waals surface area contributed by atoms with Crippen molar-refractivity contribution in [2.45, 2.75) is 32.9 Å². The third-order valence-electron chi connectivity index (χ3n) is 3.22. The Balaban J connectivity index is 2.44. The van der Waals surface area contributed by atoms with Crippen molar-refractivity contribution >= 4 is 10.9 Å². The summed E-state index contributed by atoms with van der Waals surface area (Å²) in [6.07, 6.45) is 1.08. The van der Waals surface area contributed by atoms with E-state index in [1.807, 2.05) is 7.05 Å². The van der Waals surface area contributed by atoms with E-state index in [1.165, 1.54) is 16.6 Å². The zero-order valence-corrected chi connectivity index (χ0v) is 10.3. The maximum atomic E-state index is 3.30. The second kappa shape index (κ2) is 4.71. The first kappa shape index (κ1) is 11.2. The molecule has 0 bridgehead atoms. The first-order valence-electron chi connectivity index (χ1n) is 6.00. The molecule has 1 atom stereocenters. The Morgan fingerprint density at radius 2 is 2.06 bits per heavy atom. The summed E-state index contributed by atoms with van der Waals surface area (Å²) < 4.78 is 2.41. The number of hydrogen-bond acceptors (Lipinski definition) is 1. The zero-order chi connectivity index (χ0) is 11.5. The molecule has 1 aromatic carbocycles. The SMILES string of the molecule is CCn1c(CC(C)NC)cc2ccccc21. The van der Waals surface area contributed by atoms with Crippen LogP contribution in [0.2, 0.25) is 0 Å². The van der Waals surface area contributed by atoms with Gasteiger partial charge in [0.2, 0.25) is 0 Å². The normalized spacial score (nSPS) is 13.2. The molecule has 0 spiro atoms. The summed E-state index contributed by atoms with van der Waals surface area (Å²) in [5.41, 5.74) is 2.77. The minimum atomic E-state index is 0.523. The van der Waals surface area contributed by atoms with Gasteiger partial charge >= 0.3 is 0 Å². The van der Waals surface area contributed by atoms with Gasteiger partial charge in [-0.25, -0.2) is 0 Å². The number of fused-ring (bicyclic) bond motifs is 1. The molecular weight excluding hydrogens is 196 g/mol. The van der Waals surface area contributed by atoms with Crippen LogP contribution in [0.5, 0.6) is 0 Å². The van der Waals surface area contributed by atoms with Gasteiger partial charge in [0.25, 0.3) is 0 Å². The first-order valence-corrected chi connectivity index (χ1v) is 6.00. The number of para-hydroxylation sites is 1. The standard InChI is InChI=1S/C14H20N2/c1-4-16-13(9-11(2)15-3)10-12-7-5-6-8-14(12)16/h5-8,10-11,15H,4,9H2,1-3H3. The summed E-state index contributed by atoms with van der Waals surface area (Å²) in [5, 5.41) is 4.65. The number of nitrogens with one attached hydrogen (secondary N) is 1. The fourth-order valence-electron chi connectivity index (χ4n) is 2.23. The molecule has 0 saturated heterocycles. The lowest BCUT2D eigenvalue weighted by atomic mass is 10.2. The lowest BCUT2D eigenvalue weighted by Gasteiger charge is -2.12. The van der Waals surface area contributed by atoms with Gasteiger partial charge in [-0.15, -0.1) is 0 Å². The van der Waals surface area contributed by atoms with Gasteiger partial charge in [0.15, 0.2) is 0 Å². The number of likely N-dealkylation sites (N-methyl/N-ethyl adjacent to an activating group) is 1. The lowest BCUT2D eigenvalue weighted by Crippen LogP contribution is -2.24. The van der Waals surface area contributed by atoms with Crippen molar-refractivity contribution in [3.05, 3.63) is 36.0 Å². The van der Waals surface area contributed by atoms with Crippen LogP contribution >= 0.6 is 0 Å². The largest absolute Gasteiger partial charge is 0.345 e. The maximum Gasteiger partial charge on any atom is 0.0482 e. The fourth-order valence-corrected chi connectivity index (χ4v) is 2.23. The van der Waals surface area contributed by atoms with Crippen molar-refractivity contribution in [3.8, 4) is 0 Å². The number of aromatic nitrogens is 1. The van der Waals surface area contributed by atoms with Crippen LogP contribution in [0.3, 0.4) is 0 Å². The van der Waals surface area contributed by atoms with Crippen molar-refractivity contribution in [2.75, 3.05) is 7.05 Å². The molecular formula is C14H20N2. The summed E-state index contributed by atoms with van der Waals surface area (Å²) in [6, 6.07) is 11.4. The molecule has 2 heteroatoms. The Morgan fingerprint density at radius 1 is 1.31 bits per heavy atom. The molecule has 0 aliphatic carbocycles. The summed E-state index contributed by atoms with van der Waals surface area (Å²) >= 11 is 0. The molecule has 0 fully saturated rings. The van der Waals surface area contributed by atoms with E-state index in [0.717, 1.165) is 13.0 Å². The highest BCUT2D eigenvalue weighted by atomic mass is 15.0. The smallest absolute Gasteiger partial charge is 0.0482 e. The quantitative estimate of drug-likeness (QED) is 0.831. The molecule has 1 N–H and O–H groups in total. The van der Waals surface area contributed by atoms with Crippen LogP contribution < -0.4 is 5.32 Å². The van der Waals surface area contributed by atoms with Gasteiger partial charge in [-0.2, -0.15) is 0 Å². The number of benzene rings is 1. The maximum absolute atomic E-state index is 3.30. The second-order valence-electron chi connectivity index (χ2n) is 4.33. The van der Waals surface area contributed by atoms with Crippen LogP contribution in [0.25, 0.3) is 10.9 Å². The predicted octanol–water partition coefficient (Wildman–Crippen LogP) is 2.81. The minimum Gasteiger partial charge on any atom is -0.345 e. The summed E-state index contributed by atoms with van der Waals surface area (Å²) in [4.78, 5) is 0. The summed E-state index contributed by atoms with van der Waals surface area (Å²) in [5.74, 6) is 0. The van der Waals surface area contributed by atoms with Crippen molar-refractivity contribution in [1.29, 1.82) is 0 Å². The molecule has 2 rings (SSSR count). The van der Waals surface area contributed by atoms with E-state index in [2.05, 4.69) is 54.1 Å². The molecule has 2 nitrogen and oxygen atoms in total. The summed E-state index contributed by atoms with van der Waals surface area (Å²) in [6.45, 7) is 5.47. The summed E-state index contributed by atoms with van der Waals surface area (Å²) in [7, 11) is 2.02. The van der Waals surface area contributed by atoms with Gasteiger partial charge in [-0.3, -0.25) is 0 Å². The fraction of sp³-hybridized carbons (Fsp3) is 0.429. The van der Waals surface area contributed by atoms with Gasteiger partial charge in [0.05, 0.1) is 0 Å². The average molecular weight is 216 g/mol. The van der Waals surface area contributed by atoms with Crippen molar-refractivity contribution in [2.24, 2.45) is 0 Å². The highest BCUT2D eigenvalue weighted by Crippen LogP contribution is 2.20. The van der Waals surface area contributed by atoms with E-state index in [0.29, 0.717) is 6.04 Å². The molecule has 0 saturated carbocycles. The number of hydrogen-bond donors (Lipinski definition) is 1. The van der Waals surface area contributed by atoms with Gasteiger partial charge < -0.3 is 9.88 Å². The van der Waals surface area contributed by atoms with Crippen LogP contribution in [0.1, 0.15) is 19.5 Å². The van der Waals surface area contributed by atoms with Gasteiger partial charge in [0, 0.05) is 30.2 Å². The van der Waals surface area contributed by atoms with Crippen LogP contribution in [0.15, 0.2) is 30.3 Å². The van der Waals surface area contributed by atoms with Crippen LogP contribution in [-0.4, -0.2) is 17.7 Å². The van der Waals surface area contributed by atoms with E-state index in [4.69, 9.17) is 0 Å². The van der Waals surface area contributed by atoms with Crippen molar-refractivity contribution in [3.63, 3.8) is 0 Å². The highest BCUT2D eigenvalue weighted by Gasteiger charge is 2.09.